The van der Waals surface area contributed by atoms with Gasteiger partial charge in [0, 0.05) is 18.2 Å². The second-order valence-electron chi connectivity index (χ2n) is 5.80. The third-order valence-corrected chi connectivity index (χ3v) is 4.27. The molecule has 3 rings (SSSR count). The molecule has 5 heteroatoms. The summed E-state index contributed by atoms with van der Waals surface area (Å²) in [5, 5.41) is 10.9. The van der Waals surface area contributed by atoms with Crippen LogP contribution in [0, 0.1) is 0 Å². The summed E-state index contributed by atoms with van der Waals surface area (Å²) >= 11 is 0. The van der Waals surface area contributed by atoms with E-state index in [0.717, 1.165) is 0 Å². The van der Waals surface area contributed by atoms with Crippen LogP contribution >= 0.6 is 0 Å². The van der Waals surface area contributed by atoms with E-state index < -0.39 is 11.5 Å². The third kappa shape index (κ3) is 2.57. The van der Waals surface area contributed by atoms with E-state index in [1.807, 2.05) is 6.92 Å². The fourth-order valence-electron chi connectivity index (χ4n) is 3.03. The Hall–Kier alpha value is -2.66. The van der Waals surface area contributed by atoms with E-state index in [9.17, 15) is 14.7 Å². The van der Waals surface area contributed by atoms with E-state index in [1.165, 1.54) is 4.90 Å². The summed E-state index contributed by atoms with van der Waals surface area (Å²) in [4.78, 5) is 26.4. The summed E-state index contributed by atoms with van der Waals surface area (Å²) in [6.45, 7) is 2.43. The van der Waals surface area contributed by atoms with Crippen molar-refractivity contribution in [3.8, 4) is 5.75 Å². The molecule has 2 aromatic carbocycles. The minimum absolute atomic E-state index is 0.291. The molecule has 1 aliphatic heterocycles. The number of rotatable bonds is 5. The fourth-order valence-corrected chi connectivity index (χ4v) is 3.03. The number of carbonyl (C=O) groups excluding carboxylic acids is 2. The lowest BCUT2D eigenvalue weighted by molar-refractivity contribution is -0.135. The molecule has 0 saturated carbocycles. The van der Waals surface area contributed by atoms with E-state index in [1.54, 1.807) is 55.6 Å². The predicted octanol–water partition coefficient (Wildman–Crippen LogP) is 2.52. The van der Waals surface area contributed by atoms with E-state index in [2.05, 4.69) is 0 Å². The summed E-state index contributed by atoms with van der Waals surface area (Å²) in [6.07, 6.45) is -0.291. The fraction of sp³-hybridized carbons (Fsp3) is 0.263. The standard InChI is InChI=1S/C19H19NO4/c1-3-24-14-10-8-13(9-11-14)17(21)12-19(23)15-6-4-5-7-16(15)20(2)18(19)22/h4-11,23H,3,12H2,1-2H3/t19-/m1/s1. The molecule has 1 atom stereocenters. The number of hydrogen-bond donors (Lipinski definition) is 1. The summed E-state index contributed by atoms with van der Waals surface area (Å²) in [5.41, 5.74) is -0.283. The largest absolute Gasteiger partial charge is 0.494 e. The van der Waals surface area contributed by atoms with Crippen LogP contribution in [0.4, 0.5) is 5.69 Å². The Kier molecular flexibility index (Phi) is 4.11. The number of ether oxygens (including phenoxy) is 1. The van der Waals surface area contributed by atoms with Gasteiger partial charge in [0.15, 0.2) is 11.4 Å². The van der Waals surface area contributed by atoms with Gasteiger partial charge in [0.1, 0.15) is 5.75 Å². The first-order valence-electron chi connectivity index (χ1n) is 7.83. The number of hydrogen-bond acceptors (Lipinski definition) is 4. The van der Waals surface area contributed by atoms with Gasteiger partial charge in [-0.3, -0.25) is 9.59 Å². The first kappa shape index (κ1) is 16.2. The highest BCUT2D eigenvalue weighted by atomic mass is 16.5. The lowest BCUT2D eigenvalue weighted by atomic mass is 9.88. The van der Waals surface area contributed by atoms with Crippen LogP contribution < -0.4 is 9.64 Å². The van der Waals surface area contributed by atoms with Crippen LogP contribution in [0.5, 0.6) is 5.75 Å². The molecule has 124 valence electrons. The number of ketones is 1. The highest BCUT2D eigenvalue weighted by Gasteiger charge is 2.49. The van der Waals surface area contributed by atoms with E-state index in [4.69, 9.17) is 4.74 Å². The molecule has 1 heterocycles. The number of fused-ring (bicyclic) bond motifs is 1. The van der Waals surface area contributed by atoms with Crippen molar-refractivity contribution in [2.24, 2.45) is 0 Å². The molecular formula is C19H19NO4. The van der Waals surface area contributed by atoms with Gasteiger partial charge in [-0.15, -0.1) is 0 Å². The minimum Gasteiger partial charge on any atom is -0.494 e. The maximum atomic E-state index is 12.6. The van der Waals surface area contributed by atoms with Gasteiger partial charge in [-0.2, -0.15) is 0 Å². The summed E-state index contributed by atoms with van der Waals surface area (Å²) in [7, 11) is 1.60. The van der Waals surface area contributed by atoms with Crippen molar-refractivity contribution < 1.29 is 19.4 Å². The van der Waals surface area contributed by atoms with Crippen molar-refractivity contribution >= 4 is 17.4 Å². The number of Topliss-reactive ketones (excluding diaryl/α,β-unsaturated/α-hetero) is 1. The minimum atomic E-state index is -1.82. The molecule has 24 heavy (non-hydrogen) atoms. The van der Waals surface area contributed by atoms with Gasteiger partial charge in [-0.1, -0.05) is 18.2 Å². The van der Waals surface area contributed by atoms with Crippen molar-refractivity contribution in [2.75, 3.05) is 18.6 Å². The van der Waals surface area contributed by atoms with Crippen molar-refractivity contribution in [3.63, 3.8) is 0 Å². The molecular weight excluding hydrogens is 306 g/mol. The summed E-state index contributed by atoms with van der Waals surface area (Å²) in [6, 6.07) is 13.7. The zero-order chi connectivity index (χ0) is 17.3. The number of likely N-dealkylation sites (N-methyl/N-ethyl adjacent to an activating group) is 1. The highest BCUT2D eigenvalue weighted by molar-refractivity contribution is 6.10. The molecule has 0 aliphatic carbocycles. The molecule has 5 nitrogen and oxygen atoms in total. The van der Waals surface area contributed by atoms with Crippen LogP contribution in [-0.2, 0) is 10.4 Å². The van der Waals surface area contributed by atoms with Crippen molar-refractivity contribution in [2.45, 2.75) is 18.9 Å². The maximum Gasteiger partial charge on any atom is 0.263 e. The van der Waals surface area contributed by atoms with Crippen LogP contribution in [0.3, 0.4) is 0 Å². The molecule has 0 saturated heterocycles. The number of nitrogens with zero attached hydrogens (tertiary/aromatic N) is 1. The van der Waals surface area contributed by atoms with Crippen molar-refractivity contribution in [1.29, 1.82) is 0 Å². The molecule has 0 spiro atoms. The Morgan fingerprint density at radius 1 is 1.17 bits per heavy atom. The monoisotopic (exact) mass is 325 g/mol. The Morgan fingerprint density at radius 2 is 1.83 bits per heavy atom. The first-order valence-corrected chi connectivity index (χ1v) is 7.83. The van der Waals surface area contributed by atoms with E-state index in [0.29, 0.717) is 29.2 Å². The van der Waals surface area contributed by atoms with Crippen molar-refractivity contribution in [3.05, 3.63) is 59.7 Å². The molecule has 1 N–H and O–H groups in total. The average molecular weight is 325 g/mol. The SMILES string of the molecule is CCOc1ccc(C(=O)C[C@]2(O)C(=O)N(C)c3ccccc32)cc1. The van der Waals surface area contributed by atoms with Gasteiger partial charge in [-0.25, -0.2) is 0 Å². The lowest BCUT2D eigenvalue weighted by Crippen LogP contribution is -2.40. The maximum absolute atomic E-state index is 12.6. The summed E-state index contributed by atoms with van der Waals surface area (Å²) < 4.78 is 5.35. The van der Waals surface area contributed by atoms with Gasteiger partial charge in [0.25, 0.3) is 5.91 Å². The van der Waals surface area contributed by atoms with Crippen LogP contribution in [0.2, 0.25) is 0 Å². The second kappa shape index (κ2) is 6.09. The Bertz CT molecular complexity index is 784. The van der Waals surface area contributed by atoms with Crippen LogP contribution in [0.15, 0.2) is 48.5 Å². The Labute approximate surface area is 140 Å². The predicted molar refractivity (Wildman–Crippen MR) is 90.3 cm³/mol. The first-order chi connectivity index (χ1) is 11.5. The highest BCUT2D eigenvalue weighted by Crippen LogP contribution is 2.41. The van der Waals surface area contributed by atoms with Crippen LogP contribution in [-0.4, -0.2) is 30.5 Å². The van der Waals surface area contributed by atoms with Crippen LogP contribution in [0.1, 0.15) is 29.3 Å². The van der Waals surface area contributed by atoms with E-state index >= 15 is 0 Å². The second-order valence-corrected chi connectivity index (χ2v) is 5.80. The number of amides is 1. The molecule has 1 amide bonds. The molecule has 1 aliphatic rings. The summed E-state index contributed by atoms with van der Waals surface area (Å²) in [5.74, 6) is -0.100. The van der Waals surface area contributed by atoms with Gasteiger partial charge >= 0.3 is 0 Å². The van der Waals surface area contributed by atoms with Gasteiger partial charge in [0.2, 0.25) is 0 Å². The number of anilines is 1. The Morgan fingerprint density at radius 3 is 2.50 bits per heavy atom. The zero-order valence-electron chi connectivity index (χ0n) is 13.7. The quantitative estimate of drug-likeness (QED) is 0.858. The molecule has 0 bridgehead atoms. The molecule has 0 radical (unpaired) electrons. The zero-order valence-corrected chi connectivity index (χ0v) is 13.7. The van der Waals surface area contributed by atoms with Gasteiger partial charge < -0.3 is 14.7 Å². The van der Waals surface area contributed by atoms with Crippen LogP contribution in [0.25, 0.3) is 0 Å². The van der Waals surface area contributed by atoms with Gasteiger partial charge in [0.05, 0.1) is 18.7 Å². The van der Waals surface area contributed by atoms with Gasteiger partial charge in [-0.05, 0) is 37.3 Å². The Balaban J connectivity index is 1.87. The molecule has 0 fully saturated rings. The number of aliphatic hydroxyl groups is 1. The smallest absolute Gasteiger partial charge is 0.263 e. The molecule has 2 aromatic rings. The molecule has 0 aromatic heterocycles. The molecule has 0 unspecified atom stereocenters. The third-order valence-electron chi connectivity index (χ3n) is 4.27. The van der Waals surface area contributed by atoms with E-state index in [-0.39, 0.29) is 12.2 Å². The normalized spacial score (nSPS) is 19.3. The van der Waals surface area contributed by atoms with Crippen molar-refractivity contribution in [1.82, 2.24) is 0 Å². The lowest BCUT2D eigenvalue weighted by Gasteiger charge is -2.21. The topological polar surface area (TPSA) is 66.8 Å². The number of para-hydroxylation sites is 1. The number of benzene rings is 2. The number of carbonyl (C=O) groups is 2. The average Bonchev–Trinajstić information content (AvgIpc) is 2.78.